The second-order valence-corrected chi connectivity index (χ2v) is 8.50. The Kier molecular flexibility index (Phi) is 6.05. The third-order valence-corrected chi connectivity index (χ3v) is 5.94. The Morgan fingerprint density at radius 3 is 2.57 bits per heavy atom. The van der Waals surface area contributed by atoms with E-state index in [0.717, 1.165) is 28.8 Å². The molecule has 3 rings (SSSR count). The van der Waals surface area contributed by atoms with Crippen molar-refractivity contribution >= 4 is 51.4 Å². The fraction of sp³-hybridized carbons (Fsp3) is 0.350. The molecule has 1 saturated carbocycles. The molecule has 1 fully saturated rings. The number of nitrogens with one attached hydrogen (secondary N) is 2. The lowest BCUT2D eigenvalue weighted by Gasteiger charge is -2.10. The summed E-state index contributed by atoms with van der Waals surface area (Å²) in [6.45, 7) is 5.07. The van der Waals surface area contributed by atoms with E-state index in [1.807, 2.05) is 13.8 Å². The van der Waals surface area contributed by atoms with Gasteiger partial charge in [0.2, 0.25) is 5.91 Å². The summed E-state index contributed by atoms with van der Waals surface area (Å²) < 4.78 is 5.20. The van der Waals surface area contributed by atoms with Crippen LogP contribution in [0.4, 0.5) is 10.7 Å². The first kappa shape index (κ1) is 20.4. The highest BCUT2D eigenvalue weighted by molar-refractivity contribution is 7.16. The zero-order chi connectivity index (χ0) is 20.4. The molecule has 0 bridgehead atoms. The van der Waals surface area contributed by atoms with Crippen molar-refractivity contribution in [2.75, 3.05) is 17.2 Å². The summed E-state index contributed by atoms with van der Waals surface area (Å²) in [5.74, 6) is -1.15. The van der Waals surface area contributed by atoms with Crippen LogP contribution in [-0.2, 0) is 14.3 Å². The number of anilines is 2. The SMILES string of the molecule is Cc1ccc(Cl)cc1NC(=O)COC(=O)c1c(NC(=O)C2CC2)sc(C)c1C. The van der Waals surface area contributed by atoms with Gasteiger partial charge in [-0.3, -0.25) is 9.59 Å². The number of thiophene rings is 1. The van der Waals surface area contributed by atoms with Gasteiger partial charge in [0, 0.05) is 21.5 Å². The zero-order valence-electron chi connectivity index (χ0n) is 15.8. The van der Waals surface area contributed by atoms with Crippen LogP contribution < -0.4 is 10.6 Å². The highest BCUT2D eigenvalue weighted by Gasteiger charge is 2.31. The van der Waals surface area contributed by atoms with Gasteiger partial charge in [-0.25, -0.2) is 4.79 Å². The van der Waals surface area contributed by atoms with Crippen LogP contribution in [0.15, 0.2) is 18.2 Å². The van der Waals surface area contributed by atoms with Gasteiger partial charge in [-0.1, -0.05) is 17.7 Å². The molecular weight excluding hydrogens is 400 g/mol. The normalized spacial score (nSPS) is 13.1. The zero-order valence-corrected chi connectivity index (χ0v) is 17.4. The van der Waals surface area contributed by atoms with Gasteiger partial charge >= 0.3 is 5.97 Å². The summed E-state index contributed by atoms with van der Waals surface area (Å²) in [6, 6.07) is 5.15. The first-order valence-electron chi connectivity index (χ1n) is 8.90. The third-order valence-electron chi connectivity index (χ3n) is 4.58. The van der Waals surface area contributed by atoms with Crippen LogP contribution in [0, 0.1) is 26.7 Å². The molecule has 0 saturated heterocycles. The van der Waals surface area contributed by atoms with Crippen LogP contribution in [-0.4, -0.2) is 24.4 Å². The molecule has 1 aliphatic rings. The summed E-state index contributed by atoms with van der Waals surface area (Å²) in [5, 5.41) is 6.47. The Hall–Kier alpha value is -2.38. The number of carbonyl (C=O) groups excluding carboxylic acids is 3. The van der Waals surface area contributed by atoms with E-state index in [1.54, 1.807) is 25.1 Å². The standard InChI is InChI=1S/C20H21ClN2O4S/c1-10-4-7-14(21)8-15(10)22-16(24)9-27-20(26)17-11(2)12(3)28-19(17)23-18(25)13-5-6-13/h4,7-8,13H,5-6,9H2,1-3H3,(H,22,24)(H,23,25). The summed E-state index contributed by atoms with van der Waals surface area (Å²) in [5.41, 5.74) is 2.46. The average Bonchev–Trinajstić information content (AvgIpc) is 3.44. The number of aryl methyl sites for hydroxylation is 2. The molecule has 1 heterocycles. The van der Waals surface area contributed by atoms with E-state index >= 15 is 0 Å². The van der Waals surface area contributed by atoms with Crippen LogP contribution >= 0.6 is 22.9 Å². The van der Waals surface area contributed by atoms with E-state index in [4.69, 9.17) is 16.3 Å². The molecule has 0 radical (unpaired) electrons. The maximum Gasteiger partial charge on any atom is 0.341 e. The molecule has 0 unspecified atom stereocenters. The molecule has 0 aliphatic heterocycles. The van der Waals surface area contributed by atoms with E-state index < -0.39 is 18.5 Å². The molecular formula is C20H21ClN2O4S. The van der Waals surface area contributed by atoms with Crippen LogP contribution in [0.1, 0.15) is 39.2 Å². The lowest BCUT2D eigenvalue weighted by atomic mass is 10.1. The van der Waals surface area contributed by atoms with E-state index in [0.29, 0.717) is 21.3 Å². The third kappa shape index (κ3) is 4.72. The highest BCUT2D eigenvalue weighted by Crippen LogP contribution is 2.36. The maximum atomic E-state index is 12.6. The molecule has 28 heavy (non-hydrogen) atoms. The van der Waals surface area contributed by atoms with Gasteiger partial charge in [-0.2, -0.15) is 0 Å². The molecule has 2 amide bonds. The van der Waals surface area contributed by atoms with Gasteiger partial charge in [0.05, 0.1) is 5.56 Å². The van der Waals surface area contributed by atoms with E-state index in [2.05, 4.69) is 10.6 Å². The number of ether oxygens (including phenoxy) is 1. The maximum absolute atomic E-state index is 12.6. The van der Waals surface area contributed by atoms with Gasteiger partial charge in [-0.05, 0) is 56.9 Å². The number of benzene rings is 1. The molecule has 1 aromatic carbocycles. The van der Waals surface area contributed by atoms with E-state index in [9.17, 15) is 14.4 Å². The average molecular weight is 421 g/mol. The second-order valence-electron chi connectivity index (χ2n) is 6.83. The number of carbonyl (C=O) groups is 3. The van der Waals surface area contributed by atoms with E-state index in [-0.39, 0.29) is 11.8 Å². The molecule has 0 spiro atoms. The molecule has 6 nitrogen and oxygen atoms in total. The molecule has 1 aliphatic carbocycles. The first-order valence-corrected chi connectivity index (χ1v) is 10.1. The summed E-state index contributed by atoms with van der Waals surface area (Å²) >= 11 is 7.28. The molecule has 0 atom stereocenters. The summed E-state index contributed by atoms with van der Waals surface area (Å²) in [7, 11) is 0. The largest absolute Gasteiger partial charge is 0.452 e. The van der Waals surface area contributed by atoms with Crippen molar-refractivity contribution in [2.45, 2.75) is 33.6 Å². The number of amides is 2. The Bertz CT molecular complexity index is 950. The number of hydrogen-bond donors (Lipinski definition) is 2. The summed E-state index contributed by atoms with van der Waals surface area (Å²) in [6.07, 6.45) is 1.75. The highest BCUT2D eigenvalue weighted by atomic mass is 35.5. The monoisotopic (exact) mass is 420 g/mol. The van der Waals surface area contributed by atoms with Gasteiger partial charge in [0.15, 0.2) is 6.61 Å². The number of rotatable bonds is 6. The van der Waals surface area contributed by atoms with Gasteiger partial charge in [0.1, 0.15) is 5.00 Å². The Morgan fingerprint density at radius 2 is 1.89 bits per heavy atom. The first-order chi connectivity index (χ1) is 13.3. The van der Waals surface area contributed by atoms with Crippen molar-refractivity contribution in [3.05, 3.63) is 44.8 Å². The van der Waals surface area contributed by atoms with Crippen molar-refractivity contribution in [2.24, 2.45) is 5.92 Å². The fourth-order valence-corrected chi connectivity index (χ4v) is 3.86. The van der Waals surface area contributed by atoms with E-state index in [1.165, 1.54) is 11.3 Å². The number of esters is 1. The predicted molar refractivity (Wildman–Crippen MR) is 110 cm³/mol. The minimum absolute atomic E-state index is 0.0262. The summed E-state index contributed by atoms with van der Waals surface area (Å²) in [4.78, 5) is 37.7. The quantitative estimate of drug-likeness (QED) is 0.675. The predicted octanol–water partition coefficient (Wildman–Crippen LogP) is 4.47. The molecule has 2 aromatic rings. The van der Waals surface area contributed by atoms with Gasteiger partial charge in [0.25, 0.3) is 5.91 Å². The van der Waals surface area contributed by atoms with Crippen molar-refractivity contribution in [1.29, 1.82) is 0 Å². The Morgan fingerprint density at radius 1 is 1.18 bits per heavy atom. The van der Waals surface area contributed by atoms with Crippen molar-refractivity contribution in [3.8, 4) is 0 Å². The molecule has 148 valence electrons. The van der Waals surface area contributed by atoms with Gasteiger partial charge in [-0.15, -0.1) is 11.3 Å². The van der Waals surface area contributed by atoms with Crippen LogP contribution in [0.25, 0.3) is 0 Å². The lowest BCUT2D eigenvalue weighted by molar-refractivity contribution is -0.119. The minimum atomic E-state index is -0.633. The minimum Gasteiger partial charge on any atom is -0.452 e. The number of halogens is 1. The smallest absolute Gasteiger partial charge is 0.341 e. The second kappa shape index (κ2) is 8.32. The van der Waals surface area contributed by atoms with Crippen molar-refractivity contribution in [3.63, 3.8) is 0 Å². The van der Waals surface area contributed by atoms with Crippen LogP contribution in [0.3, 0.4) is 0 Å². The lowest BCUT2D eigenvalue weighted by Crippen LogP contribution is -2.22. The van der Waals surface area contributed by atoms with Crippen molar-refractivity contribution < 1.29 is 19.1 Å². The topological polar surface area (TPSA) is 84.5 Å². The van der Waals surface area contributed by atoms with Crippen LogP contribution in [0.2, 0.25) is 5.02 Å². The van der Waals surface area contributed by atoms with Gasteiger partial charge < -0.3 is 15.4 Å². The molecule has 8 heteroatoms. The van der Waals surface area contributed by atoms with Crippen LogP contribution in [0.5, 0.6) is 0 Å². The molecule has 1 aromatic heterocycles. The number of hydrogen-bond acceptors (Lipinski definition) is 5. The Balaban J connectivity index is 1.65. The fourth-order valence-electron chi connectivity index (χ4n) is 2.64. The Labute approximate surface area is 172 Å². The van der Waals surface area contributed by atoms with Crippen molar-refractivity contribution in [1.82, 2.24) is 0 Å². The molecule has 2 N–H and O–H groups in total.